The van der Waals surface area contributed by atoms with E-state index in [-0.39, 0.29) is 12.2 Å². The minimum absolute atomic E-state index is 0.00499. The van der Waals surface area contributed by atoms with Crippen molar-refractivity contribution < 1.29 is 22.5 Å². The molecule has 0 aromatic heterocycles. The van der Waals surface area contributed by atoms with E-state index >= 15 is 0 Å². The fourth-order valence-electron chi connectivity index (χ4n) is 1.92. The van der Waals surface area contributed by atoms with E-state index in [1.54, 1.807) is 27.7 Å². The summed E-state index contributed by atoms with van der Waals surface area (Å²) in [6, 6.07) is 5.49. The van der Waals surface area contributed by atoms with Crippen LogP contribution in [0.1, 0.15) is 40.2 Å². The summed E-state index contributed by atoms with van der Waals surface area (Å²) < 4.78 is 48.0. The molecule has 1 rings (SSSR count). The van der Waals surface area contributed by atoms with Gasteiger partial charge in [0.05, 0.1) is 27.9 Å². The maximum absolute atomic E-state index is 14.8. The van der Waals surface area contributed by atoms with Gasteiger partial charge in [-0.2, -0.15) is 0 Å². The van der Waals surface area contributed by atoms with Crippen LogP contribution in [-0.4, -0.2) is 27.7 Å². The summed E-state index contributed by atoms with van der Waals surface area (Å²) in [5.41, 5.74) is -1.91. The highest BCUT2D eigenvalue weighted by Gasteiger charge is 2.46. The Hall–Kier alpha value is -1.34. The van der Waals surface area contributed by atoms with Crippen LogP contribution in [0.15, 0.2) is 24.3 Å². The molecule has 0 aliphatic carbocycles. The molecule has 130 valence electrons. The molecule has 0 heterocycles. The molecule has 4 nitrogen and oxygen atoms in total. The van der Waals surface area contributed by atoms with E-state index in [9.17, 15) is 17.8 Å². The SMILES string of the molecule is CCOC(=O)[C@@H](F)[C@](C)(N[S@](=O)C(C)(C)C)c1ccccc1F. The van der Waals surface area contributed by atoms with Gasteiger partial charge >= 0.3 is 5.97 Å². The van der Waals surface area contributed by atoms with Gasteiger partial charge in [0.2, 0.25) is 6.17 Å². The molecule has 0 aliphatic rings. The summed E-state index contributed by atoms with van der Waals surface area (Å²) in [7, 11) is -1.72. The van der Waals surface area contributed by atoms with Gasteiger partial charge in [0, 0.05) is 5.56 Å². The number of halogens is 2. The highest BCUT2D eigenvalue weighted by Crippen LogP contribution is 2.31. The lowest BCUT2D eigenvalue weighted by Gasteiger charge is -2.35. The van der Waals surface area contributed by atoms with Gasteiger partial charge in [-0.1, -0.05) is 18.2 Å². The molecule has 0 saturated heterocycles. The fourth-order valence-corrected chi connectivity index (χ4v) is 2.83. The van der Waals surface area contributed by atoms with Crippen molar-refractivity contribution in [2.45, 2.75) is 51.1 Å². The third kappa shape index (κ3) is 4.57. The third-order valence-electron chi connectivity index (χ3n) is 3.29. The Labute approximate surface area is 138 Å². The van der Waals surface area contributed by atoms with Gasteiger partial charge in [0.15, 0.2) is 0 Å². The first-order valence-corrected chi connectivity index (χ1v) is 8.44. The topological polar surface area (TPSA) is 55.4 Å². The van der Waals surface area contributed by atoms with E-state index in [2.05, 4.69) is 4.72 Å². The summed E-state index contributed by atoms with van der Waals surface area (Å²) in [5, 5.41) is 0. The van der Waals surface area contributed by atoms with Gasteiger partial charge in [-0.3, -0.25) is 0 Å². The molecule has 0 radical (unpaired) electrons. The maximum Gasteiger partial charge on any atom is 0.343 e. The van der Waals surface area contributed by atoms with Crippen LogP contribution in [0.5, 0.6) is 0 Å². The number of rotatable bonds is 6. The van der Waals surface area contributed by atoms with Crippen LogP contribution in [0.4, 0.5) is 8.78 Å². The number of alkyl halides is 1. The zero-order chi connectivity index (χ0) is 17.8. The molecule has 0 aliphatic heterocycles. The van der Waals surface area contributed by atoms with Crippen LogP contribution >= 0.6 is 0 Å². The molecule has 23 heavy (non-hydrogen) atoms. The molecule has 0 fully saturated rings. The summed E-state index contributed by atoms with van der Waals surface area (Å²) in [6.07, 6.45) is -2.22. The van der Waals surface area contributed by atoms with Crippen LogP contribution in [0.2, 0.25) is 0 Å². The first kappa shape index (κ1) is 19.7. The van der Waals surface area contributed by atoms with E-state index in [1.165, 1.54) is 25.1 Å². The molecule has 0 bridgehead atoms. The molecule has 3 atom stereocenters. The van der Waals surface area contributed by atoms with Crippen molar-refractivity contribution in [1.29, 1.82) is 0 Å². The lowest BCUT2D eigenvalue weighted by atomic mass is 9.88. The van der Waals surface area contributed by atoms with Crippen LogP contribution in [0.3, 0.4) is 0 Å². The Morgan fingerprint density at radius 3 is 2.35 bits per heavy atom. The second-order valence-electron chi connectivity index (χ2n) is 6.28. The first-order chi connectivity index (χ1) is 10.5. The van der Waals surface area contributed by atoms with Gasteiger partial charge in [0.1, 0.15) is 5.82 Å². The Morgan fingerprint density at radius 2 is 1.87 bits per heavy atom. The minimum Gasteiger partial charge on any atom is -0.464 e. The highest BCUT2D eigenvalue weighted by molar-refractivity contribution is 7.84. The molecule has 7 heteroatoms. The number of carbonyl (C=O) groups excluding carboxylic acids is 1. The van der Waals surface area contributed by atoms with E-state index in [0.717, 1.165) is 6.07 Å². The van der Waals surface area contributed by atoms with Gasteiger partial charge in [-0.15, -0.1) is 0 Å². The molecule has 0 unspecified atom stereocenters. The molecule has 1 N–H and O–H groups in total. The van der Waals surface area contributed by atoms with Gasteiger partial charge < -0.3 is 4.74 Å². The quantitative estimate of drug-likeness (QED) is 0.805. The molecule has 0 spiro atoms. The number of carbonyl (C=O) groups is 1. The monoisotopic (exact) mass is 347 g/mol. The van der Waals surface area contributed by atoms with Crippen molar-refractivity contribution in [3.05, 3.63) is 35.6 Å². The summed E-state index contributed by atoms with van der Waals surface area (Å²) in [6.45, 7) is 7.91. The van der Waals surface area contributed by atoms with E-state index in [4.69, 9.17) is 4.74 Å². The zero-order valence-corrected chi connectivity index (χ0v) is 14.8. The standard InChI is InChI=1S/C16H23F2NO3S/c1-6-22-14(20)13(18)16(5,19-23(21)15(2,3)4)11-9-7-8-10-12(11)17/h7-10,13,19H,6H2,1-5H3/t13-,16-,23-/m1/s1. The molecular formula is C16H23F2NO3S. The number of benzene rings is 1. The molecule has 0 amide bonds. The molecule has 1 aromatic rings. The van der Waals surface area contributed by atoms with E-state index in [1.807, 2.05) is 0 Å². The zero-order valence-electron chi connectivity index (χ0n) is 14.0. The number of hydrogen-bond donors (Lipinski definition) is 1. The summed E-state index contributed by atoms with van der Waals surface area (Å²) >= 11 is 0. The van der Waals surface area contributed by atoms with Crippen molar-refractivity contribution >= 4 is 17.0 Å². The van der Waals surface area contributed by atoms with Crippen LogP contribution in [0.25, 0.3) is 0 Å². The fraction of sp³-hybridized carbons (Fsp3) is 0.562. The lowest BCUT2D eigenvalue weighted by Crippen LogP contribution is -2.54. The average Bonchev–Trinajstić information content (AvgIpc) is 2.45. The summed E-state index contributed by atoms with van der Waals surface area (Å²) in [4.78, 5) is 11.8. The second kappa shape index (κ2) is 7.49. The van der Waals surface area contributed by atoms with Crippen molar-refractivity contribution in [1.82, 2.24) is 4.72 Å². The molecule has 1 aromatic carbocycles. The van der Waals surface area contributed by atoms with Crippen LogP contribution < -0.4 is 4.72 Å². The average molecular weight is 347 g/mol. The van der Waals surface area contributed by atoms with Gasteiger partial charge in [0.25, 0.3) is 0 Å². The van der Waals surface area contributed by atoms with E-state index in [0.29, 0.717) is 0 Å². The van der Waals surface area contributed by atoms with Crippen LogP contribution in [-0.2, 0) is 26.1 Å². The number of hydrogen-bond acceptors (Lipinski definition) is 3. The smallest absolute Gasteiger partial charge is 0.343 e. The minimum atomic E-state index is -2.22. The van der Waals surface area contributed by atoms with Gasteiger partial charge in [-0.25, -0.2) is 22.5 Å². The lowest BCUT2D eigenvalue weighted by molar-refractivity contribution is -0.152. The van der Waals surface area contributed by atoms with Crippen molar-refractivity contribution in [2.75, 3.05) is 6.61 Å². The Bertz CT molecular complexity index is 589. The van der Waals surface area contributed by atoms with Crippen molar-refractivity contribution in [2.24, 2.45) is 0 Å². The number of ether oxygens (including phenoxy) is 1. The Kier molecular flexibility index (Phi) is 6.41. The van der Waals surface area contributed by atoms with Crippen molar-refractivity contribution in [3.8, 4) is 0 Å². The predicted molar refractivity (Wildman–Crippen MR) is 86.3 cm³/mol. The highest BCUT2D eigenvalue weighted by atomic mass is 32.2. The Balaban J connectivity index is 3.33. The van der Waals surface area contributed by atoms with E-state index < -0.39 is 39.2 Å². The predicted octanol–water partition coefficient (Wildman–Crippen LogP) is 2.99. The first-order valence-electron chi connectivity index (χ1n) is 7.29. The normalized spacial score (nSPS) is 17.2. The third-order valence-corrected chi connectivity index (χ3v) is 5.02. The maximum atomic E-state index is 14.8. The van der Waals surface area contributed by atoms with Crippen LogP contribution in [0, 0.1) is 5.82 Å². The summed E-state index contributed by atoms with van der Waals surface area (Å²) in [5.74, 6) is -1.82. The number of nitrogens with one attached hydrogen (secondary N) is 1. The Morgan fingerprint density at radius 1 is 1.30 bits per heavy atom. The van der Waals surface area contributed by atoms with Crippen molar-refractivity contribution in [3.63, 3.8) is 0 Å². The number of esters is 1. The second-order valence-corrected chi connectivity index (χ2v) is 8.25. The molecular weight excluding hydrogens is 324 g/mol. The largest absolute Gasteiger partial charge is 0.464 e. The van der Waals surface area contributed by atoms with Gasteiger partial charge in [-0.05, 0) is 40.7 Å². The molecule has 0 saturated carbocycles.